The van der Waals surface area contributed by atoms with E-state index in [4.69, 9.17) is 4.74 Å². The molecule has 0 heterocycles. The van der Waals surface area contributed by atoms with E-state index >= 15 is 0 Å². The molecule has 0 aromatic heterocycles. The van der Waals surface area contributed by atoms with Gasteiger partial charge in [0.25, 0.3) is 0 Å². The highest BCUT2D eigenvalue weighted by Crippen LogP contribution is 2.48. The zero-order chi connectivity index (χ0) is 12.2. The van der Waals surface area contributed by atoms with E-state index in [1.807, 2.05) is 7.11 Å². The molecule has 1 aliphatic carbocycles. The molecule has 16 heavy (non-hydrogen) atoms. The van der Waals surface area contributed by atoms with Crippen LogP contribution < -0.4 is 5.32 Å². The third-order valence-electron chi connectivity index (χ3n) is 4.17. The van der Waals surface area contributed by atoms with Crippen LogP contribution in [0.15, 0.2) is 0 Å². The van der Waals surface area contributed by atoms with E-state index in [9.17, 15) is 4.21 Å². The predicted molar refractivity (Wildman–Crippen MR) is 69.2 cm³/mol. The minimum absolute atomic E-state index is 0.296. The summed E-state index contributed by atoms with van der Waals surface area (Å²) in [4.78, 5) is 0. The maximum Gasteiger partial charge on any atom is 0.0657 e. The first kappa shape index (κ1) is 14.1. The van der Waals surface area contributed by atoms with E-state index < -0.39 is 10.8 Å². The van der Waals surface area contributed by atoms with Gasteiger partial charge < -0.3 is 10.1 Å². The minimum atomic E-state index is -0.693. The Morgan fingerprint density at radius 1 is 1.44 bits per heavy atom. The molecule has 1 rings (SSSR count). The van der Waals surface area contributed by atoms with Crippen molar-refractivity contribution in [1.82, 2.24) is 5.32 Å². The SMILES string of the molecule is CCC1(CC)C(NCCS(C)=O)CC1OC. The molecule has 0 aliphatic heterocycles. The number of nitrogens with one attached hydrogen (secondary N) is 1. The van der Waals surface area contributed by atoms with Gasteiger partial charge in [0.05, 0.1) is 6.10 Å². The van der Waals surface area contributed by atoms with E-state index in [1.165, 1.54) is 0 Å². The summed E-state index contributed by atoms with van der Waals surface area (Å²) in [6.45, 7) is 5.33. The molecule has 1 aliphatic rings. The normalized spacial score (nSPS) is 29.8. The van der Waals surface area contributed by atoms with Crippen molar-refractivity contribution < 1.29 is 8.95 Å². The quantitative estimate of drug-likeness (QED) is 0.742. The summed E-state index contributed by atoms with van der Waals surface area (Å²) in [6, 6.07) is 0.538. The summed E-state index contributed by atoms with van der Waals surface area (Å²) in [5.74, 6) is 0.748. The molecule has 3 nitrogen and oxygen atoms in total. The molecule has 0 saturated heterocycles. The number of hydrogen-bond acceptors (Lipinski definition) is 3. The summed E-state index contributed by atoms with van der Waals surface area (Å²) in [5, 5.41) is 3.53. The lowest BCUT2D eigenvalue weighted by molar-refractivity contribution is -0.123. The third kappa shape index (κ3) is 2.66. The summed E-state index contributed by atoms with van der Waals surface area (Å²) < 4.78 is 16.5. The van der Waals surface area contributed by atoms with Crippen molar-refractivity contribution in [2.75, 3.05) is 25.7 Å². The molecule has 0 bridgehead atoms. The van der Waals surface area contributed by atoms with Crippen LogP contribution in [0.1, 0.15) is 33.1 Å². The molecule has 3 atom stereocenters. The van der Waals surface area contributed by atoms with Crippen LogP contribution in [-0.4, -0.2) is 42.0 Å². The van der Waals surface area contributed by atoms with Gasteiger partial charge >= 0.3 is 0 Å². The van der Waals surface area contributed by atoms with Crippen LogP contribution in [0.25, 0.3) is 0 Å². The topological polar surface area (TPSA) is 38.3 Å². The Labute approximate surface area is 102 Å². The monoisotopic (exact) mass is 247 g/mol. The highest BCUT2D eigenvalue weighted by Gasteiger charge is 2.52. The van der Waals surface area contributed by atoms with Gasteiger partial charge in [0.15, 0.2) is 0 Å². The van der Waals surface area contributed by atoms with Crippen molar-refractivity contribution in [1.29, 1.82) is 0 Å². The largest absolute Gasteiger partial charge is 0.381 e. The second kappa shape index (κ2) is 6.12. The van der Waals surface area contributed by atoms with Crippen LogP contribution in [0, 0.1) is 5.41 Å². The lowest BCUT2D eigenvalue weighted by Crippen LogP contribution is -2.63. The van der Waals surface area contributed by atoms with Gasteiger partial charge in [0.1, 0.15) is 0 Å². The van der Waals surface area contributed by atoms with Gasteiger partial charge in [-0.1, -0.05) is 13.8 Å². The van der Waals surface area contributed by atoms with Crippen LogP contribution >= 0.6 is 0 Å². The highest BCUT2D eigenvalue weighted by atomic mass is 32.2. The fourth-order valence-corrected chi connectivity index (χ4v) is 3.35. The van der Waals surface area contributed by atoms with E-state index in [1.54, 1.807) is 6.26 Å². The minimum Gasteiger partial charge on any atom is -0.381 e. The zero-order valence-corrected chi connectivity index (χ0v) is 11.7. The Hall–Kier alpha value is 0.0700. The van der Waals surface area contributed by atoms with Crippen molar-refractivity contribution in [3.63, 3.8) is 0 Å². The van der Waals surface area contributed by atoms with E-state index in [-0.39, 0.29) is 0 Å². The highest BCUT2D eigenvalue weighted by molar-refractivity contribution is 7.84. The molecule has 0 aromatic carbocycles. The third-order valence-corrected chi connectivity index (χ3v) is 4.95. The van der Waals surface area contributed by atoms with Gasteiger partial charge in [-0.2, -0.15) is 0 Å². The fraction of sp³-hybridized carbons (Fsp3) is 1.00. The lowest BCUT2D eigenvalue weighted by Gasteiger charge is -2.55. The van der Waals surface area contributed by atoms with Crippen LogP contribution in [0.4, 0.5) is 0 Å². The first-order valence-electron chi connectivity index (χ1n) is 6.16. The van der Waals surface area contributed by atoms with Crippen molar-refractivity contribution in [3.05, 3.63) is 0 Å². The Kier molecular flexibility index (Phi) is 5.41. The molecule has 0 amide bonds. The maximum atomic E-state index is 11.0. The number of rotatable bonds is 7. The average molecular weight is 247 g/mol. The van der Waals surface area contributed by atoms with E-state index in [0.29, 0.717) is 17.6 Å². The second-order valence-electron chi connectivity index (χ2n) is 4.68. The van der Waals surface area contributed by atoms with Gasteiger partial charge in [-0.05, 0) is 19.3 Å². The van der Waals surface area contributed by atoms with E-state index in [0.717, 1.165) is 31.6 Å². The molecule has 1 saturated carbocycles. The number of hydrogen-bond donors (Lipinski definition) is 1. The standard InChI is InChI=1S/C12H25NO2S/c1-5-12(6-2)10(9-11(12)15-3)13-7-8-16(4)14/h10-11,13H,5-9H2,1-4H3. The van der Waals surface area contributed by atoms with Gasteiger partial charge in [0.2, 0.25) is 0 Å². The molecule has 0 aromatic rings. The molecule has 96 valence electrons. The summed E-state index contributed by atoms with van der Waals surface area (Å²) >= 11 is 0. The van der Waals surface area contributed by atoms with Crippen LogP contribution in [0.5, 0.6) is 0 Å². The summed E-state index contributed by atoms with van der Waals surface area (Å²) in [7, 11) is 1.11. The van der Waals surface area contributed by atoms with Crippen molar-refractivity contribution in [3.8, 4) is 0 Å². The average Bonchev–Trinajstić information content (AvgIpc) is 2.24. The maximum absolute atomic E-state index is 11.0. The summed E-state index contributed by atoms with van der Waals surface area (Å²) in [5.41, 5.74) is 0.296. The van der Waals surface area contributed by atoms with Gasteiger partial charge in [-0.3, -0.25) is 4.21 Å². The fourth-order valence-electron chi connectivity index (χ4n) is 2.94. The summed E-state index contributed by atoms with van der Waals surface area (Å²) in [6.07, 6.45) is 5.54. The number of ether oxygens (including phenoxy) is 1. The lowest BCUT2D eigenvalue weighted by atomic mass is 9.58. The Bertz CT molecular complexity index is 241. The van der Waals surface area contributed by atoms with Gasteiger partial charge in [-0.15, -0.1) is 0 Å². The zero-order valence-electron chi connectivity index (χ0n) is 10.9. The molecule has 1 N–H and O–H groups in total. The second-order valence-corrected chi connectivity index (χ2v) is 6.24. The first-order chi connectivity index (χ1) is 7.60. The molecule has 1 fully saturated rings. The Morgan fingerprint density at radius 2 is 2.06 bits per heavy atom. The molecule has 4 heteroatoms. The van der Waals surface area contributed by atoms with Crippen molar-refractivity contribution in [2.45, 2.75) is 45.3 Å². The van der Waals surface area contributed by atoms with Crippen molar-refractivity contribution >= 4 is 10.8 Å². The molecule has 3 unspecified atom stereocenters. The van der Waals surface area contributed by atoms with Crippen LogP contribution in [0.3, 0.4) is 0 Å². The Morgan fingerprint density at radius 3 is 2.50 bits per heavy atom. The first-order valence-corrected chi connectivity index (χ1v) is 7.89. The Balaban J connectivity index is 2.46. The van der Waals surface area contributed by atoms with E-state index in [2.05, 4.69) is 19.2 Å². The number of methoxy groups -OCH3 is 1. The molecular formula is C12H25NO2S. The molecular weight excluding hydrogens is 222 g/mol. The molecule has 0 spiro atoms. The van der Waals surface area contributed by atoms with Gasteiger partial charge in [0, 0.05) is 47.9 Å². The van der Waals surface area contributed by atoms with Gasteiger partial charge in [-0.25, -0.2) is 0 Å². The predicted octanol–water partition coefficient (Wildman–Crippen LogP) is 1.55. The van der Waals surface area contributed by atoms with Crippen molar-refractivity contribution in [2.24, 2.45) is 5.41 Å². The molecule has 0 radical (unpaired) electrons. The van der Waals surface area contributed by atoms with Crippen LogP contribution in [-0.2, 0) is 15.5 Å². The van der Waals surface area contributed by atoms with Crippen LogP contribution in [0.2, 0.25) is 0 Å². The smallest absolute Gasteiger partial charge is 0.0657 e.